The van der Waals surface area contributed by atoms with Crippen molar-refractivity contribution in [3.05, 3.63) is 182 Å². The Balaban J connectivity index is 1.06. The van der Waals surface area contributed by atoms with E-state index in [1.807, 2.05) is 84.9 Å². The maximum atomic E-state index is 6.78. The van der Waals surface area contributed by atoms with E-state index in [1.54, 1.807) is 0 Å². The Hall–Kier alpha value is -7.83. The normalized spacial score (nSPS) is 11.9. The van der Waals surface area contributed by atoms with Gasteiger partial charge in [-0.15, -0.1) is 0 Å². The lowest BCUT2D eigenvalue weighted by Gasteiger charge is -2.11. The molecule has 0 fully saturated rings. The Morgan fingerprint density at radius 3 is 1.68 bits per heavy atom. The minimum atomic E-state index is 0.589. The SMILES string of the molecule is c1ccc(-c2nc(-c3ccccc3)nc(-c3ccc(-c4ccc5c(c4)c4ccccc4n5-c4ccc5c(c4)oc4ccccc45)c4oc5ccccc5c34)n2)cc1. The fourth-order valence-corrected chi connectivity index (χ4v) is 8.44. The van der Waals surface area contributed by atoms with E-state index in [0.717, 1.165) is 93.8 Å². The second-order valence-corrected chi connectivity index (χ2v) is 14.4. The van der Waals surface area contributed by atoms with E-state index < -0.39 is 0 Å². The molecular weight excluding hydrogens is 701 g/mol. The van der Waals surface area contributed by atoms with Crippen molar-refractivity contribution in [1.29, 1.82) is 0 Å². The molecule has 266 valence electrons. The third-order valence-corrected chi connectivity index (χ3v) is 11.1. The zero-order chi connectivity index (χ0) is 37.5. The highest BCUT2D eigenvalue weighted by molar-refractivity contribution is 6.17. The third-order valence-electron chi connectivity index (χ3n) is 11.1. The third kappa shape index (κ3) is 4.94. The minimum Gasteiger partial charge on any atom is -0.456 e. The maximum Gasteiger partial charge on any atom is 0.164 e. The number of hydrogen-bond acceptors (Lipinski definition) is 5. The molecule has 12 aromatic rings. The smallest absolute Gasteiger partial charge is 0.164 e. The van der Waals surface area contributed by atoms with Gasteiger partial charge in [0.05, 0.1) is 11.0 Å². The predicted octanol–water partition coefficient (Wildman–Crippen LogP) is 13.4. The second kappa shape index (κ2) is 12.3. The first-order chi connectivity index (χ1) is 28.2. The van der Waals surface area contributed by atoms with E-state index in [-0.39, 0.29) is 0 Å². The van der Waals surface area contributed by atoms with E-state index in [1.165, 1.54) is 5.39 Å². The van der Waals surface area contributed by atoms with Crippen LogP contribution in [0.1, 0.15) is 0 Å². The van der Waals surface area contributed by atoms with Crippen LogP contribution in [0.5, 0.6) is 0 Å². The van der Waals surface area contributed by atoms with Crippen LogP contribution in [-0.2, 0) is 0 Å². The van der Waals surface area contributed by atoms with Gasteiger partial charge in [-0.1, -0.05) is 121 Å². The van der Waals surface area contributed by atoms with Gasteiger partial charge in [-0.2, -0.15) is 0 Å². The van der Waals surface area contributed by atoms with Gasteiger partial charge in [-0.25, -0.2) is 15.0 Å². The number of nitrogens with zero attached hydrogens (tertiary/aromatic N) is 4. The summed E-state index contributed by atoms with van der Waals surface area (Å²) >= 11 is 0. The van der Waals surface area contributed by atoms with Gasteiger partial charge in [0.25, 0.3) is 0 Å². The topological polar surface area (TPSA) is 69.9 Å². The number of benzene rings is 8. The molecule has 0 saturated carbocycles. The Kier molecular flexibility index (Phi) is 6.83. The number of para-hydroxylation sites is 3. The highest BCUT2D eigenvalue weighted by atomic mass is 16.3. The van der Waals surface area contributed by atoms with Gasteiger partial charge < -0.3 is 13.4 Å². The summed E-state index contributed by atoms with van der Waals surface area (Å²) in [6, 6.07) is 62.6. The van der Waals surface area contributed by atoms with Crippen LogP contribution in [0.25, 0.3) is 117 Å². The van der Waals surface area contributed by atoms with Gasteiger partial charge >= 0.3 is 0 Å². The minimum absolute atomic E-state index is 0.589. The molecule has 0 spiro atoms. The Morgan fingerprint density at radius 1 is 0.351 bits per heavy atom. The van der Waals surface area contributed by atoms with Crippen molar-refractivity contribution in [2.75, 3.05) is 0 Å². The lowest BCUT2D eigenvalue weighted by atomic mass is 9.97. The van der Waals surface area contributed by atoms with Crippen LogP contribution in [0.15, 0.2) is 191 Å². The molecule has 6 heteroatoms. The van der Waals surface area contributed by atoms with Gasteiger partial charge in [-0.05, 0) is 60.2 Å². The summed E-state index contributed by atoms with van der Waals surface area (Å²) in [6.07, 6.45) is 0. The zero-order valence-corrected chi connectivity index (χ0v) is 30.4. The van der Waals surface area contributed by atoms with Gasteiger partial charge in [-0.3, -0.25) is 0 Å². The second-order valence-electron chi connectivity index (χ2n) is 14.4. The summed E-state index contributed by atoms with van der Waals surface area (Å²) in [5, 5.41) is 6.53. The molecule has 0 bridgehead atoms. The van der Waals surface area contributed by atoms with Crippen molar-refractivity contribution in [1.82, 2.24) is 19.5 Å². The zero-order valence-electron chi connectivity index (χ0n) is 30.4. The summed E-state index contributed by atoms with van der Waals surface area (Å²) in [5.41, 5.74) is 11.4. The molecule has 0 amide bonds. The van der Waals surface area contributed by atoms with Crippen LogP contribution in [0, 0.1) is 0 Å². The maximum absolute atomic E-state index is 6.78. The average molecular weight is 731 g/mol. The average Bonchev–Trinajstić information content (AvgIpc) is 3.96. The number of aromatic nitrogens is 4. The molecule has 6 nitrogen and oxygen atoms in total. The quantitative estimate of drug-likeness (QED) is 0.176. The van der Waals surface area contributed by atoms with E-state index >= 15 is 0 Å². The molecule has 12 rings (SSSR count). The first-order valence-corrected chi connectivity index (χ1v) is 19.0. The van der Waals surface area contributed by atoms with E-state index in [0.29, 0.717) is 17.5 Å². The van der Waals surface area contributed by atoms with Crippen LogP contribution in [0.2, 0.25) is 0 Å². The largest absolute Gasteiger partial charge is 0.456 e. The summed E-state index contributed by atoms with van der Waals surface area (Å²) in [7, 11) is 0. The molecule has 4 heterocycles. The molecule has 0 aliphatic rings. The van der Waals surface area contributed by atoms with Crippen LogP contribution >= 0.6 is 0 Å². The van der Waals surface area contributed by atoms with Crippen LogP contribution in [0.4, 0.5) is 0 Å². The van der Waals surface area contributed by atoms with Crippen LogP contribution in [0.3, 0.4) is 0 Å². The monoisotopic (exact) mass is 730 g/mol. The number of rotatable bonds is 5. The molecule has 0 atom stereocenters. The predicted molar refractivity (Wildman–Crippen MR) is 230 cm³/mol. The number of furan rings is 2. The van der Waals surface area contributed by atoms with Crippen molar-refractivity contribution in [2.45, 2.75) is 0 Å². The standard InChI is InChI=1S/C51H30N4O2/c1-3-13-31(14-4-1)49-52-50(32-15-5-2-6-16-32)54-51(53-49)40-27-26-35(48-47(40)39-19-9-12-22-45(39)57-48)33-23-28-43-41(29-33)36-17-7-10-20-42(36)55(43)34-24-25-38-37-18-8-11-21-44(37)56-46(38)30-34/h1-30H. The first-order valence-electron chi connectivity index (χ1n) is 19.0. The fourth-order valence-electron chi connectivity index (χ4n) is 8.44. The molecule has 0 saturated heterocycles. The van der Waals surface area contributed by atoms with E-state index in [2.05, 4.69) is 102 Å². The molecule has 0 unspecified atom stereocenters. The van der Waals surface area contributed by atoms with Crippen LogP contribution in [-0.4, -0.2) is 19.5 Å². The number of fused-ring (bicyclic) bond motifs is 9. The van der Waals surface area contributed by atoms with Gasteiger partial charge in [0.1, 0.15) is 22.3 Å². The molecule has 0 N–H and O–H groups in total. The fraction of sp³-hybridized carbons (Fsp3) is 0. The molecule has 0 aliphatic carbocycles. The summed E-state index contributed by atoms with van der Waals surface area (Å²) in [6.45, 7) is 0. The van der Waals surface area contributed by atoms with Crippen molar-refractivity contribution >= 4 is 65.7 Å². The van der Waals surface area contributed by atoms with Gasteiger partial charge in [0.2, 0.25) is 0 Å². The van der Waals surface area contributed by atoms with Gasteiger partial charge in [0.15, 0.2) is 17.5 Å². The lowest BCUT2D eigenvalue weighted by molar-refractivity contribution is 0.668. The van der Waals surface area contributed by atoms with E-state index in [4.69, 9.17) is 23.8 Å². The molecule has 0 radical (unpaired) electrons. The van der Waals surface area contributed by atoms with Crippen LogP contribution < -0.4 is 0 Å². The first kappa shape index (κ1) is 31.5. The van der Waals surface area contributed by atoms with E-state index in [9.17, 15) is 0 Å². The van der Waals surface area contributed by atoms with Crippen molar-refractivity contribution in [3.8, 4) is 51.0 Å². The summed E-state index contributed by atoms with van der Waals surface area (Å²) in [5.74, 6) is 1.82. The molecule has 8 aromatic carbocycles. The Morgan fingerprint density at radius 2 is 0.930 bits per heavy atom. The number of hydrogen-bond donors (Lipinski definition) is 0. The lowest BCUT2D eigenvalue weighted by Crippen LogP contribution is -2.00. The van der Waals surface area contributed by atoms with Gasteiger partial charge in [0, 0.05) is 66.3 Å². The molecular formula is C51H30N4O2. The van der Waals surface area contributed by atoms with Crippen molar-refractivity contribution < 1.29 is 8.83 Å². The highest BCUT2D eigenvalue weighted by Crippen LogP contribution is 2.43. The van der Waals surface area contributed by atoms with Crippen molar-refractivity contribution in [3.63, 3.8) is 0 Å². The van der Waals surface area contributed by atoms with Crippen molar-refractivity contribution in [2.24, 2.45) is 0 Å². The molecule has 0 aliphatic heterocycles. The Labute approximate surface area is 325 Å². The summed E-state index contributed by atoms with van der Waals surface area (Å²) in [4.78, 5) is 15.1. The Bertz CT molecular complexity index is 3470. The summed E-state index contributed by atoms with van der Waals surface area (Å²) < 4.78 is 15.4. The molecule has 57 heavy (non-hydrogen) atoms. The highest BCUT2D eigenvalue weighted by Gasteiger charge is 2.22. The molecule has 4 aromatic heterocycles.